The van der Waals surface area contributed by atoms with Crippen LogP contribution in [0.3, 0.4) is 0 Å². The molecule has 0 atom stereocenters. The summed E-state index contributed by atoms with van der Waals surface area (Å²) >= 11 is 6.18. The largest absolute Gasteiger partial charge is 0.489 e. The molecule has 0 fully saturated rings. The average molecular weight is 426 g/mol. The molecule has 0 unspecified atom stereocenters. The second-order valence-electron chi connectivity index (χ2n) is 7.14. The Morgan fingerprint density at radius 3 is 2.45 bits per heavy atom. The number of nitrogens with zero attached hydrogens (tertiary/aromatic N) is 2. The fraction of sp³-hybridized carbons (Fsp3) is 0.0769. The van der Waals surface area contributed by atoms with E-state index < -0.39 is 0 Å². The summed E-state index contributed by atoms with van der Waals surface area (Å²) in [5, 5.41) is 10.4. The molecule has 0 bridgehead atoms. The van der Waals surface area contributed by atoms with Crippen LogP contribution in [0, 0.1) is 18.3 Å². The molecule has 0 spiro atoms. The monoisotopic (exact) mass is 425 g/mol. The SMILES string of the molecule is Cc1c(-c2cccc(Cl)c2)nc(N)c(C#N)c1-c1cccc(OCc2ccccc2)c1. The molecule has 1 heterocycles. The van der Waals surface area contributed by atoms with Crippen LogP contribution in [0.2, 0.25) is 5.02 Å². The number of ether oxygens (including phenoxy) is 1. The molecule has 152 valence electrons. The van der Waals surface area contributed by atoms with Crippen molar-refractivity contribution in [2.24, 2.45) is 0 Å². The van der Waals surface area contributed by atoms with Crippen LogP contribution in [0.5, 0.6) is 5.75 Å². The van der Waals surface area contributed by atoms with Gasteiger partial charge in [-0.15, -0.1) is 0 Å². The van der Waals surface area contributed by atoms with Crippen molar-refractivity contribution in [3.8, 4) is 34.2 Å². The van der Waals surface area contributed by atoms with Gasteiger partial charge in [-0.05, 0) is 47.9 Å². The van der Waals surface area contributed by atoms with Gasteiger partial charge in [0.1, 0.15) is 29.8 Å². The Balaban J connectivity index is 1.77. The Labute approximate surface area is 186 Å². The number of halogens is 1. The van der Waals surface area contributed by atoms with Gasteiger partial charge in [-0.25, -0.2) is 4.98 Å². The van der Waals surface area contributed by atoms with Crippen molar-refractivity contribution in [2.75, 3.05) is 5.73 Å². The Morgan fingerprint density at radius 2 is 1.71 bits per heavy atom. The van der Waals surface area contributed by atoms with E-state index in [1.54, 1.807) is 0 Å². The fourth-order valence-corrected chi connectivity index (χ4v) is 3.76. The van der Waals surface area contributed by atoms with Gasteiger partial charge in [0.05, 0.1) is 5.69 Å². The van der Waals surface area contributed by atoms with E-state index in [-0.39, 0.29) is 5.82 Å². The molecule has 1 aromatic heterocycles. The second-order valence-corrected chi connectivity index (χ2v) is 7.58. The van der Waals surface area contributed by atoms with Gasteiger partial charge in [0, 0.05) is 16.1 Å². The van der Waals surface area contributed by atoms with Gasteiger partial charge < -0.3 is 10.5 Å². The van der Waals surface area contributed by atoms with Crippen molar-refractivity contribution in [2.45, 2.75) is 13.5 Å². The maximum atomic E-state index is 9.79. The maximum Gasteiger partial charge on any atom is 0.142 e. The smallest absolute Gasteiger partial charge is 0.142 e. The minimum atomic E-state index is 0.189. The zero-order valence-corrected chi connectivity index (χ0v) is 17.7. The van der Waals surface area contributed by atoms with Gasteiger partial charge >= 0.3 is 0 Å². The summed E-state index contributed by atoms with van der Waals surface area (Å²) in [4.78, 5) is 4.50. The van der Waals surface area contributed by atoms with Crippen LogP contribution < -0.4 is 10.5 Å². The quantitative estimate of drug-likeness (QED) is 0.401. The summed E-state index contributed by atoms with van der Waals surface area (Å²) in [5.41, 5.74) is 11.6. The van der Waals surface area contributed by atoms with E-state index in [9.17, 15) is 5.26 Å². The van der Waals surface area contributed by atoms with Gasteiger partial charge in [0.15, 0.2) is 0 Å². The third-order valence-corrected chi connectivity index (χ3v) is 5.28. The number of aromatic nitrogens is 1. The van der Waals surface area contributed by atoms with Gasteiger partial charge in [-0.3, -0.25) is 0 Å². The number of rotatable bonds is 5. The van der Waals surface area contributed by atoms with E-state index in [1.807, 2.05) is 85.8 Å². The number of hydrogen-bond acceptors (Lipinski definition) is 4. The standard InChI is InChI=1S/C26H20ClN3O/c1-17-24(19-9-6-12-22(14-19)31-16-18-7-3-2-4-8-18)23(15-28)26(29)30-25(17)20-10-5-11-21(27)13-20/h2-14H,16H2,1H3,(H2,29,30). The van der Waals surface area contributed by atoms with Crippen molar-refractivity contribution in [3.63, 3.8) is 0 Å². The molecule has 0 saturated heterocycles. The Morgan fingerprint density at radius 1 is 0.968 bits per heavy atom. The molecule has 4 rings (SSSR count). The lowest BCUT2D eigenvalue weighted by Gasteiger charge is -2.16. The molecule has 0 radical (unpaired) electrons. The van der Waals surface area contributed by atoms with Gasteiger partial charge in [-0.2, -0.15) is 5.26 Å². The number of pyridine rings is 1. The summed E-state index contributed by atoms with van der Waals surface area (Å²) in [5.74, 6) is 0.901. The molecule has 2 N–H and O–H groups in total. The highest BCUT2D eigenvalue weighted by molar-refractivity contribution is 6.30. The predicted molar refractivity (Wildman–Crippen MR) is 125 cm³/mol. The molecule has 0 aliphatic carbocycles. The van der Waals surface area contributed by atoms with Crippen molar-refractivity contribution < 1.29 is 4.74 Å². The van der Waals surface area contributed by atoms with E-state index in [1.165, 1.54) is 0 Å². The summed E-state index contributed by atoms with van der Waals surface area (Å²) < 4.78 is 5.98. The van der Waals surface area contributed by atoms with E-state index in [0.29, 0.717) is 28.6 Å². The highest BCUT2D eigenvalue weighted by atomic mass is 35.5. The molecule has 4 nitrogen and oxygen atoms in total. The first kappa shape index (κ1) is 20.5. The van der Waals surface area contributed by atoms with Crippen LogP contribution in [-0.4, -0.2) is 4.98 Å². The van der Waals surface area contributed by atoms with Crippen LogP contribution in [-0.2, 0) is 6.61 Å². The number of hydrogen-bond donors (Lipinski definition) is 1. The minimum Gasteiger partial charge on any atom is -0.489 e. The lowest BCUT2D eigenvalue weighted by Crippen LogP contribution is -2.03. The lowest BCUT2D eigenvalue weighted by atomic mass is 9.92. The number of anilines is 1. The topological polar surface area (TPSA) is 71.9 Å². The number of nitriles is 1. The molecular formula is C26H20ClN3O. The summed E-state index contributed by atoms with van der Waals surface area (Å²) in [6.07, 6.45) is 0. The van der Waals surface area contributed by atoms with Crippen LogP contribution >= 0.6 is 11.6 Å². The van der Waals surface area contributed by atoms with Crippen LogP contribution in [0.15, 0.2) is 78.9 Å². The van der Waals surface area contributed by atoms with Crippen molar-refractivity contribution in [1.29, 1.82) is 5.26 Å². The zero-order chi connectivity index (χ0) is 21.8. The van der Waals surface area contributed by atoms with Crippen molar-refractivity contribution in [3.05, 3.63) is 101 Å². The molecule has 0 saturated carbocycles. The highest BCUT2D eigenvalue weighted by Gasteiger charge is 2.19. The first-order valence-corrected chi connectivity index (χ1v) is 10.2. The van der Waals surface area contributed by atoms with Gasteiger partial charge in [0.2, 0.25) is 0 Å². The molecule has 0 aliphatic rings. The van der Waals surface area contributed by atoms with Crippen molar-refractivity contribution >= 4 is 17.4 Å². The number of nitrogen functional groups attached to an aromatic ring is 1. The molecule has 3 aromatic carbocycles. The first-order chi connectivity index (χ1) is 15.1. The Kier molecular flexibility index (Phi) is 5.88. The van der Waals surface area contributed by atoms with E-state index >= 15 is 0 Å². The number of nitrogens with two attached hydrogens (primary N) is 1. The molecule has 31 heavy (non-hydrogen) atoms. The normalized spacial score (nSPS) is 10.5. The first-order valence-electron chi connectivity index (χ1n) is 9.80. The molecule has 0 amide bonds. The Bertz CT molecular complexity index is 1280. The fourth-order valence-electron chi connectivity index (χ4n) is 3.57. The third kappa shape index (κ3) is 4.37. The maximum absolute atomic E-state index is 9.79. The van der Waals surface area contributed by atoms with Crippen LogP contribution in [0.4, 0.5) is 5.82 Å². The van der Waals surface area contributed by atoms with Crippen LogP contribution in [0.1, 0.15) is 16.7 Å². The summed E-state index contributed by atoms with van der Waals surface area (Å²) in [7, 11) is 0. The summed E-state index contributed by atoms with van der Waals surface area (Å²) in [6, 6.07) is 27.3. The number of benzene rings is 3. The second kappa shape index (κ2) is 8.91. The average Bonchev–Trinajstić information content (AvgIpc) is 2.79. The third-order valence-electron chi connectivity index (χ3n) is 5.05. The zero-order valence-electron chi connectivity index (χ0n) is 17.0. The Hall–Kier alpha value is -3.81. The lowest BCUT2D eigenvalue weighted by molar-refractivity contribution is 0.306. The van der Waals surface area contributed by atoms with E-state index in [2.05, 4.69) is 11.1 Å². The minimum absolute atomic E-state index is 0.189. The predicted octanol–water partition coefficient (Wildman–Crippen LogP) is 6.41. The molecular weight excluding hydrogens is 406 g/mol. The molecule has 5 heteroatoms. The van der Waals surface area contributed by atoms with Gasteiger partial charge in [-0.1, -0.05) is 66.2 Å². The van der Waals surface area contributed by atoms with Crippen molar-refractivity contribution in [1.82, 2.24) is 4.98 Å². The molecule has 4 aromatic rings. The molecule has 0 aliphatic heterocycles. The highest BCUT2D eigenvalue weighted by Crippen LogP contribution is 2.37. The summed E-state index contributed by atoms with van der Waals surface area (Å²) in [6.45, 7) is 2.40. The van der Waals surface area contributed by atoms with Crippen LogP contribution in [0.25, 0.3) is 22.4 Å². The van der Waals surface area contributed by atoms with E-state index in [4.69, 9.17) is 22.1 Å². The van der Waals surface area contributed by atoms with Gasteiger partial charge in [0.25, 0.3) is 0 Å². The van der Waals surface area contributed by atoms with E-state index in [0.717, 1.165) is 27.8 Å².